The van der Waals surface area contributed by atoms with Gasteiger partial charge in [0.25, 0.3) is 5.91 Å². The number of anilines is 1. The predicted octanol–water partition coefficient (Wildman–Crippen LogP) is 2.60. The molecule has 3 rings (SSSR count). The number of carbonyl (C=O) groups excluding carboxylic acids is 1. The molecular weight excluding hydrogens is 332 g/mol. The number of hydrogen-bond acceptors (Lipinski definition) is 6. The first-order chi connectivity index (χ1) is 12.8. The van der Waals surface area contributed by atoms with Crippen LogP contribution >= 0.6 is 0 Å². The van der Waals surface area contributed by atoms with Crippen LogP contribution in [0.4, 0.5) is 5.82 Å². The van der Waals surface area contributed by atoms with Gasteiger partial charge in [-0.3, -0.25) is 4.79 Å². The first-order valence-electron chi connectivity index (χ1n) is 8.88. The second kappa shape index (κ2) is 9.03. The van der Waals surface area contributed by atoms with E-state index < -0.39 is 0 Å². The first-order valence-corrected chi connectivity index (χ1v) is 8.88. The zero-order valence-corrected chi connectivity index (χ0v) is 15.0. The number of nitrogens with one attached hydrogen (secondary N) is 1. The Labute approximate surface area is 153 Å². The Morgan fingerprint density at radius 3 is 2.58 bits per heavy atom. The van der Waals surface area contributed by atoms with Crippen LogP contribution in [0.1, 0.15) is 29.8 Å². The number of carbonyl (C=O) groups is 1. The van der Waals surface area contributed by atoms with E-state index in [2.05, 4.69) is 15.3 Å². The quantitative estimate of drug-likeness (QED) is 0.769. The molecule has 1 N–H and O–H groups in total. The predicted molar refractivity (Wildman–Crippen MR) is 98.8 cm³/mol. The summed E-state index contributed by atoms with van der Waals surface area (Å²) in [6, 6.07) is 9.12. The molecule has 0 radical (unpaired) electrons. The number of hydrogen-bond donors (Lipinski definition) is 1. The Kier molecular flexibility index (Phi) is 6.24. The average molecular weight is 356 g/mol. The van der Waals surface area contributed by atoms with Gasteiger partial charge in [-0.25, -0.2) is 9.97 Å². The second-order valence-electron chi connectivity index (χ2n) is 6.09. The van der Waals surface area contributed by atoms with E-state index in [0.29, 0.717) is 24.7 Å². The highest BCUT2D eigenvalue weighted by atomic mass is 16.5. The van der Waals surface area contributed by atoms with E-state index in [1.165, 1.54) is 12.7 Å². The molecule has 1 aliphatic heterocycles. The minimum atomic E-state index is -0.0235. The minimum Gasteiger partial charge on any atom is -0.497 e. The molecule has 2 aromatic rings. The topological polar surface area (TPSA) is 76.6 Å². The summed E-state index contributed by atoms with van der Waals surface area (Å²) in [4.78, 5) is 22.6. The van der Waals surface area contributed by atoms with E-state index in [1.54, 1.807) is 13.2 Å². The summed E-state index contributed by atoms with van der Waals surface area (Å²) in [5.74, 6) is 2.17. The lowest BCUT2D eigenvalue weighted by atomic mass is 10.1. The van der Waals surface area contributed by atoms with Crippen molar-refractivity contribution in [2.45, 2.75) is 19.3 Å². The number of methoxy groups -OCH3 is 1. The van der Waals surface area contributed by atoms with Crippen LogP contribution in [0.2, 0.25) is 0 Å². The van der Waals surface area contributed by atoms with Crippen molar-refractivity contribution in [1.82, 2.24) is 14.9 Å². The van der Waals surface area contributed by atoms with Crippen LogP contribution < -0.4 is 14.8 Å². The van der Waals surface area contributed by atoms with Crippen molar-refractivity contribution >= 4 is 11.7 Å². The van der Waals surface area contributed by atoms with Crippen molar-refractivity contribution in [3.8, 4) is 11.5 Å². The van der Waals surface area contributed by atoms with E-state index >= 15 is 0 Å². The molecule has 138 valence electrons. The molecule has 1 amide bonds. The Balaban J connectivity index is 1.48. The Morgan fingerprint density at radius 1 is 1.12 bits per heavy atom. The lowest BCUT2D eigenvalue weighted by molar-refractivity contribution is 0.0718. The molecule has 0 atom stereocenters. The van der Waals surface area contributed by atoms with Gasteiger partial charge in [0.15, 0.2) is 0 Å². The fourth-order valence-electron chi connectivity index (χ4n) is 2.85. The van der Waals surface area contributed by atoms with Gasteiger partial charge in [-0.05, 0) is 43.5 Å². The van der Waals surface area contributed by atoms with E-state index in [1.807, 2.05) is 29.2 Å². The normalized spacial score (nSPS) is 14.0. The Bertz CT molecular complexity index is 715. The van der Waals surface area contributed by atoms with Crippen molar-refractivity contribution in [1.29, 1.82) is 0 Å². The third kappa shape index (κ3) is 4.84. The molecule has 0 saturated carbocycles. The van der Waals surface area contributed by atoms with Gasteiger partial charge < -0.3 is 19.7 Å². The molecule has 0 bridgehead atoms. The Morgan fingerprint density at radius 2 is 1.85 bits per heavy atom. The molecule has 1 aromatic carbocycles. The van der Waals surface area contributed by atoms with Crippen LogP contribution in [0.15, 0.2) is 36.7 Å². The molecule has 0 spiro atoms. The lowest BCUT2D eigenvalue weighted by Gasteiger charge is -2.26. The summed E-state index contributed by atoms with van der Waals surface area (Å²) < 4.78 is 10.8. The highest BCUT2D eigenvalue weighted by Gasteiger charge is 2.19. The average Bonchev–Trinajstić information content (AvgIpc) is 2.72. The number of ether oxygens (including phenoxy) is 2. The molecule has 7 heteroatoms. The van der Waals surface area contributed by atoms with Crippen LogP contribution in [-0.4, -0.2) is 54.1 Å². The zero-order valence-electron chi connectivity index (χ0n) is 15.0. The van der Waals surface area contributed by atoms with Gasteiger partial charge in [-0.1, -0.05) is 0 Å². The molecule has 7 nitrogen and oxygen atoms in total. The molecule has 0 aliphatic carbocycles. The highest BCUT2D eigenvalue weighted by Crippen LogP contribution is 2.17. The summed E-state index contributed by atoms with van der Waals surface area (Å²) in [5, 5.41) is 3.16. The van der Waals surface area contributed by atoms with Crippen molar-refractivity contribution in [3.05, 3.63) is 42.4 Å². The maximum Gasteiger partial charge on any atom is 0.272 e. The molecule has 1 aliphatic rings. The molecule has 26 heavy (non-hydrogen) atoms. The lowest BCUT2D eigenvalue weighted by Crippen LogP contribution is -2.36. The zero-order chi connectivity index (χ0) is 18.2. The molecule has 1 aromatic heterocycles. The maximum absolute atomic E-state index is 12.5. The highest BCUT2D eigenvalue weighted by molar-refractivity contribution is 5.92. The summed E-state index contributed by atoms with van der Waals surface area (Å²) in [6.07, 6.45) is 4.73. The Hall–Kier alpha value is -2.83. The third-order valence-electron chi connectivity index (χ3n) is 4.27. The van der Waals surface area contributed by atoms with Gasteiger partial charge in [0.2, 0.25) is 0 Å². The molecular formula is C19H24N4O3. The van der Waals surface area contributed by atoms with Crippen molar-refractivity contribution in [3.63, 3.8) is 0 Å². The number of amides is 1. The number of piperidine rings is 1. The van der Waals surface area contributed by atoms with Gasteiger partial charge in [-0.15, -0.1) is 0 Å². The monoisotopic (exact) mass is 356 g/mol. The summed E-state index contributed by atoms with van der Waals surface area (Å²) >= 11 is 0. The van der Waals surface area contributed by atoms with E-state index in [9.17, 15) is 4.79 Å². The standard InChI is InChI=1S/C19H24N4O3/c1-25-15-5-7-16(8-6-15)26-12-9-20-18-13-17(21-14-22-18)19(24)23-10-3-2-4-11-23/h5-8,13-14H,2-4,9-12H2,1H3,(H,20,21,22). The van der Waals surface area contributed by atoms with E-state index in [-0.39, 0.29) is 5.91 Å². The van der Waals surface area contributed by atoms with Gasteiger partial charge >= 0.3 is 0 Å². The molecule has 1 fully saturated rings. The number of likely N-dealkylation sites (tertiary alicyclic amines) is 1. The molecule has 0 unspecified atom stereocenters. The number of rotatable bonds is 7. The fourth-order valence-corrected chi connectivity index (χ4v) is 2.85. The van der Waals surface area contributed by atoms with Crippen LogP contribution in [0.3, 0.4) is 0 Å². The number of aromatic nitrogens is 2. The molecule has 2 heterocycles. The van der Waals surface area contributed by atoms with Gasteiger partial charge in [0, 0.05) is 19.2 Å². The number of benzene rings is 1. The summed E-state index contributed by atoms with van der Waals surface area (Å²) in [7, 11) is 1.63. The van der Waals surface area contributed by atoms with Gasteiger partial charge in [-0.2, -0.15) is 0 Å². The SMILES string of the molecule is COc1ccc(OCCNc2cc(C(=O)N3CCCCC3)ncn2)cc1. The fraction of sp³-hybridized carbons (Fsp3) is 0.421. The number of nitrogens with zero attached hydrogens (tertiary/aromatic N) is 3. The minimum absolute atomic E-state index is 0.0235. The van der Waals surface area contributed by atoms with Gasteiger partial charge in [0.1, 0.15) is 35.9 Å². The second-order valence-corrected chi connectivity index (χ2v) is 6.09. The van der Waals surface area contributed by atoms with Crippen LogP contribution in [0, 0.1) is 0 Å². The van der Waals surface area contributed by atoms with Crippen molar-refractivity contribution in [2.24, 2.45) is 0 Å². The third-order valence-corrected chi connectivity index (χ3v) is 4.27. The van der Waals surface area contributed by atoms with E-state index in [4.69, 9.17) is 9.47 Å². The molecule has 1 saturated heterocycles. The maximum atomic E-state index is 12.5. The smallest absolute Gasteiger partial charge is 0.272 e. The van der Waals surface area contributed by atoms with Crippen LogP contribution in [-0.2, 0) is 0 Å². The van der Waals surface area contributed by atoms with Crippen LogP contribution in [0.25, 0.3) is 0 Å². The van der Waals surface area contributed by atoms with Crippen LogP contribution in [0.5, 0.6) is 11.5 Å². The van der Waals surface area contributed by atoms with Crippen molar-refractivity contribution < 1.29 is 14.3 Å². The first kappa shape index (κ1) is 18.0. The van der Waals surface area contributed by atoms with E-state index in [0.717, 1.165) is 37.4 Å². The van der Waals surface area contributed by atoms with Crippen molar-refractivity contribution in [2.75, 3.05) is 38.7 Å². The largest absolute Gasteiger partial charge is 0.497 e. The summed E-state index contributed by atoms with van der Waals surface area (Å²) in [5.41, 5.74) is 0.431. The summed E-state index contributed by atoms with van der Waals surface area (Å²) in [6.45, 7) is 2.66. The van der Waals surface area contributed by atoms with Gasteiger partial charge in [0.05, 0.1) is 13.7 Å².